The lowest BCUT2D eigenvalue weighted by Crippen LogP contribution is -2.22. The fourth-order valence-electron chi connectivity index (χ4n) is 2.43. The van der Waals surface area contributed by atoms with Gasteiger partial charge in [-0.25, -0.2) is 5.43 Å². The van der Waals surface area contributed by atoms with Gasteiger partial charge in [0.15, 0.2) is 0 Å². The van der Waals surface area contributed by atoms with Crippen LogP contribution in [0.5, 0.6) is 0 Å². The highest BCUT2D eigenvalue weighted by molar-refractivity contribution is 6.33. The Balaban J connectivity index is 1.96. The second-order valence-electron chi connectivity index (χ2n) is 6.23. The van der Waals surface area contributed by atoms with Crippen LogP contribution in [-0.4, -0.2) is 17.5 Å². The maximum absolute atomic E-state index is 12.2. The van der Waals surface area contributed by atoms with Gasteiger partial charge >= 0.3 is 0 Å². The summed E-state index contributed by atoms with van der Waals surface area (Å²) in [5.74, 6) is -0.303. The molecule has 0 heterocycles. The highest BCUT2D eigenvalue weighted by atomic mass is 35.5. The molecule has 0 aromatic heterocycles. The van der Waals surface area contributed by atoms with Gasteiger partial charge in [0.05, 0.1) is 17.0 Å². The van der Waals surface area contributed by atoms with Crippen molar-refractivity contribution in [2.75, 3.05) is 5.32 Å². The number of benzene rings is 2. The fourth-order valence-corrected chi connectivity index (χ4v) is 2.65. The van der Waals surface area contributed by atoms with Gasteiger partial charge in [-0.1, -0.05) is 55.8 Å². The molecular weight excluding hydrogens is 350 g/mol. The van der Waals surface area contributed by atoms with Gasteiger partial charge in [-0.15, -0.1) is 0 Å². The van der Waals surface area contributed by atoms with Crippen molar-refractivity contribution in [1.29, 1.82) is 0 Å². The van der Waals surface area contributed by atoms with E-state index >= 15 is 0 Å². The zero-order valence-electron chi connectivity index (χ0n) is 15.0. The maximum atomic E-state index is 12.2. The van der Waals surface area contributed by atoms with Gasteiger partial charge in [-0.05, 0) is 36.6 Å². The van der Waals surface area contributed by atoms with Crippen LogP contribution in [0.15, 0.2) is 53.6 Å². The van der Waals surface area contributed by atoms with Gasteiger partial charge in [-0.2, -0.15) is 5.10 Å². The van der Waals surface area contributed by atoms with Crippen molar-refractivity contribution in [1.82, 2.24) is 5.43 Å². The number of hydrazone groups is 1. The Kier molecular flexibility index (Phi) is 6.92. The van der Waals surface area contributed by atoms with Crippen LogP contribution in [0, 0.1) is 0 Å². The topological polar surface area (TPSA) is 70.6 Å². The second kappa shape index (κ2) is 9.15. The van der Waals surface area contributed by atoms with E-state index < -0.39 is 5.91 Å². The van der Waals surface area contributed by atoms with E-state index in [0.717, 1.165) is 11.3 Å². The predicted octanol–water partition coefficient (Wildman–Crippen LogP) is 4.60. The molecule has 2 N–H and O–H groups in total. The largest absolute Gasteiger partial charge is 0.325 e. The standard InChI is InChI=1S/C20H22ClN3O2/c1-13(2)15-8-5-7-11-18(15)22-19(25)12-14(3)23-24-20(26)16-9-4-6-10-17(16)21/h4-11,13H,12H2,1-3H3,(H,22,25)(H,24,26)/b23-14+. The van der Waals surface area contributed by atoms with Crippen molar-refractivity contribution in [2.45, 2.75) is 33.1 Å². The molecule has 0 bridgehead atoms. The highest BCUT2D eigenvalue weighted by Crippen LogP contribution is 2.23. The monoisotopic (exact) mass is 371 g/mol. The van der Waals surface area contributed by atoms with Gasteiger partial charge < -0.3 is 5.32 Å². The number of halogens is 1. The lowest BCUT2D eigenvalue weighted by molar-refractivity contribution is -0.115. The van der Waals surface area contributed by atoms with E-state index in [9.17, 15) is 9.59 Å². The first-order chi connectivity index (χ1) is 12.4. The van der Waals surface area contributed by atoms with Crippen molar-refractivity contribution >= 4 is 34.8 Å². The molecule has 0 fully saturated rings. The molecule has 0 aliphatic rings. The number of hydrogen-bond acceptors (Lipinski definition) is 3. The molecular formula is C20H22ClN3O2. The van der Waals surface area contributed by atoms with Crippen molar-refractivity contribution in [2.24, 2.45) is 5.10 Å². The molecule has 2 amide bonds. The smallest absolute Gasteiger partial charge is 0.272 e. The van der Waals surface area contributed by atoms with Crippen LogP contribution in [0.25, 0.3) is 0 Å². The van der Waals surface area contributed by atoms with Gasteiger partial charge in [0.25, 0.3) is 5.91 Å². The van der Waals surface area contributed by atoms with Crippen LogP contribution in [0.1, 0.15) is 49.0 Å². The Morgan fingerprint density at radius 2 is 1.73 bits per heavy atom. The predicted molar refractivity (Wildman–Crippen MR) is 106 cm³/mol. The number of nitrogens with one attached hydrogen (secondary N) is 2. The number of carbonyl (C=O) groups excluding carboxylic acids is 2. The summed E-state index contributed by atoms with van der Waals surface area (Å²) in [6.07, 6.45) is 0.0786. The summed E-state index contributed by atoms with van der Waals surface area (Å²) in [6, 6.07) is 14.4. The van der Waals surface area contributed by atoms with Gasteiger partial charge in [0, 0.05) is 11.4 Å². The van der Waals surface area contributed by atoms with Crippen LogP contribution in [0.3, 0.4) is 0 Å². The van der Waals surface area contributed by atoms with Crippen LogP contribution >= 0.6 is 11.6 Å². The first-order valence-electron chi connectivity index (χ1n) is 8.35. The summed E-state index contributed by atoms with van der Waals surface area (Å²) in [7, 11) is 0. The molecule has 0 radical (unpaired) electrons. The quantitative estimate of drug-likeness (QED) is 0.575. The fraction of sp³-hybridized carbons (Fsp3) is 0.250. The molecule has 2 rings (SSSR count). The summed E-state index contributed by atoms with van der Waals surface area (Å²) in [6.45, 7) is 5.82. The van der Waals surface area contributed by atoms with E-state index in [1.54, 1.807) is 31.2 Å². The molecule has 26 heavy (non-hydrogen) atoms. The molecule has 0 atom stereocenters. The van der Waals surface area contributed by atoms with Crippen LogP contribution in [0.4, 0.5) is 5.69 Å². The Labute approximate surface area is 158 Å². The SMILES string of the molecule is C/C(CC(=O)Nc1ccccc1C(C)C)=N\NC(=O)c1ccccc1Cl. The van der Waals surface area contributed by atoms with Gasteiger partial charge in [0.2, 0.25) is 5.91 Å². The lowest BCUT2D eigenvalue weighted by Gasteiger charge is -2.13. The number of anilines is 1. The molecule has 136 valence electrons. The minimum atomic E-state index is -0.416. The summed E-state index contributed by atoms with van der Waals surface area (Å²) in [4.78, 5) is 24.3. The molecule has 0 saturated carbocycles. The third-order valence-electron chi connectivity index (χ3n) is 3.74. The van der Waals surface area contributed by atoms with E-state index in [1.807, 2.05) is 24.3 Å². The zero-order chi connectivity index (χ0) is 19.1. The Bertz CT molecular complexity index is 831. The van der Waals surface area contributed by atoms with Crippen molar-refractivity contribution in [3.05, 3.63) is 64.7 Å². The minimum Gasteiger partial charge on any atom is -0.325 e. The number of carbonyl (C=O) groups is 2. The maximum Gasteiger partial charge on any atom is 0.272 e. The van der Waals surface area contributed by atoms with E-state index in [4.69, 9.17) is 11.6 Å². The number of rotatable bonds is 6. The number of hydrogen-bond donors (Lipinski definition) is 2. The molecule has 2 aromatic carbocycles. The molecule has 0 aliphatic heterocycles. The number of nitrogens with zero attached hydrogens (tertiary/aromatic N) is 1. The van der Waals surface area contributed by atoms with E-state index in [2.05, 4.69) is 29.7 Å². The summed E-state index contributed by atoms with van der Waals surface area (Å²) in [5, 5.41) is 7.22. The summed E-state index contributed by atoms with van der Waals surface area (Å²) < 4.78 is 0. The molecule has 0 saturated heterocycles. The molecule has 0 aliphatic carbocycles. The summed E-state index contributed by atoms with van der Waals surface area (Å²) >= 11 is 5.98. The highest BCUT2D eigenvalue weighted by Gasteiger charge is 2.11. The molecule has 5 nitrogen and oxygen atoms in total. The molecule has 2 aromatic rings. The summed E-state index contributed by atoms with van der Waals surface area (Å²) in [5.41, 5.74) is 5.11. The normalized spacial score (nSPS) is 11.3. The number of amides is 2. The van der Waals surface area contributed by atoms with Crippen molar-refractivity contribution < 1.29 is 9.59 Å². The lowest BCUT2D eigenvalue weighted by atomic mass is 10.0. The Morgan fingerprint density at radius 3 is 2.42 bits per heavy atom. The van der Waals surface area contributed by atoms with E-state index in [1.165, 1.54) is 0 Å². The van der Waals surface area contributed by atoms with Crippen LogP contribution in [0.2, 0.25) is 5.02 Å². The van der Waals surface area contributed by atoms with E-state index in [-0.39, 0.29) is 12.3 Å². The van der Waals surface area contributed by atoms with Crippen molar-refractivity contribution in [3.63, 3.8) is 0 Å². The third-order valence-corrected chi connectivity index (χ3v) is 4.07. The molecule has 0 spiro atoms. The molecule has 6 heteroatoms. The third kappa shape index (κ3) is 5.43. The first-order valence-corrected chi connectivity index (χ1v) is 8.73. The van der Waals surface area contributed by atoms with Crippen LogP contribution < -0.4 is 10.7 Å². The van der Waals surface area contributed by atoms with Gasteiger partial charge in [0.1, 0.15) is 0 Å². The average Bonchev–Trinajstić information content (AvgIpc) is 2.60. The minimum absolute atomic E-state index is 0.0786. The second-order valence-corrected chi connectivity index (χ2v) is 6.64. The average molecular weight is 372 g/mol. The van der Waals surface area contributed by atoms with E-state index in [0.29, 0.717) is 22.2 Å². The Hall–Kier alpha value is -2.66. The number of para-hydroxylation sites is 1. The Morgan fingerprint density at radius 1 is 1.08 bits per heavy atom. The van der Waals surface area contributed by atoms with Crippen molar-refractivity contribution in [3.8, 4) is 0 Å². The molecule has 0 unspecified atom stereocenters. The van der Waals surface area contributed by atoms with Gasteiger partial charge in [-0.3, -0.25) is 9.59 Å². The van der Waals surface area contributed by atoms with Crippen LogP contribution in [-0.2, 0) is 4.79 Å². The zero-order valence-corrected chi connectivity index (χ0v) is 15.8. The first kappa shape index (κ1) is 19.7.